The predicted molar refractivity (Wildman–Crippen MR) is 119 cm³/mol. The molecular formula is C18H22N6O3S3. The molecule has 3 aromatic rings. The number of carbonyl (C=O) groups excluding carboxylic acids is 1. The zero-order valence-corrected chi connectivity index (χ0v) is 19.2. The van der Waals surface area contributed by atoms with Crippen LogP contribution in [0.3, 0.4) is 0 Å². The number of hydrogen-bond donors (Lipinski definition) is 1. The molecule has 160 valence electrons. The number of nitrogens with one attached hydrogen (secondary N) is 1. The van der Waals surface area contributed by atoms with E-state index in [0.29, 0.717) is 28.3 Å². The third-order valence-electron chi connectivity index (χ3n) is 4.15. The van der Waals surface area contributed by atoms with Crippen molar-refractivity contribution in [3.05, 3.63) is 47.7 Å². The van der Waals surface area contributed by atoms with E-state index in [-0.39, 0.29) is 12.5 Å². The second-order valence-electron chi connectivity index (χ2n) is 6.33. The molecule has 0 bridgehead atoms. The molecule has 0 aliphatic rings. The number of benzene rings is 1. The fourth-order valence-electron chi connectivity index (χ4n) is 2.67. The van der Waals surface area contributed by atoms with Crippen LogP contribution in [0.15, 0.2) is 47.1 Å². The molecule has 1 N–H and O–H groups in total. The first-order chi connectivity index (χ1) is 14.3. The second-order valence-corrected chi connectivity index (χ2v) is 10.4. The molecule has 0 aliphatic heterocycles. The summed E-state index contributed by atoms with van der Waals surface area (Å²) in [5.41, 5.74) is 0.552. The number of thiazole rings is 1. The highest BCUT2D eigenvalue weighted by molar-refractivity contribution is 8.00. The number of rotatable bonds is 9. The number of sulfonamides is 1. The van der Waals surface area contributed by atoms with Gasteiger partial charge in [-0.2, -0.15) is 0 Å². The quantitative estimate of drug-likeness (QED) is 0.483. The van der Waals surface area contributed by atoms with E-state index in [1.54, 1.807) is 42.8 Å². The van der Waals surface area contributed by atoms with Gasteiger partial charge in [-0.05, 0) is 26.0 Å². The van der Waals surface area contributed by atoms with Gasteiger partial charge in [-0.3, -0.25) is 9.10 Å². The lowest BCUT2D eigenvalue weighted by Crippen LogP contribution is -2.30. The molecule has 0 unspecified atom stereocenters. The van der Waals surface area contributed by atoms with Crippen LogP contribution in [0.5, 0.6) is 0 Å². The smallest absolute Gasteiger partial charge is 0.239 e. The summed E-state index contributed by atoms with van der Waals surface area (Å²) in [6, 6.07) is 8.85. The first-order valence-corrected chi connectivity index (χ1v) is 12.7. The van der Waals surface area contributed by atoms with Crippen LogP contribution in [-0.4, -0.2) is 45.6 Å². The summed E-state index contributed by atoms with van der Waals surface area (Å²) in [5, 5.41) is 13.6. The number of para-hydroxylation sites is 1. The van der Waals surface area contributed by atoms with Crippen molar-refractivity contribution in [1.29, 1.82) is 0 Å². The van der Waals surface area contributed by atoms with Crippen molar-refractivity contribution in [2.24, 2.45) is 0 Å². The normalized spacial score (nSPS) is 12.5. The minimum Gasteiger partial charge on any atom is -0.305 e. The van der Waals surface area contributed by atoms with E-state index in [1.807, 2.05) is 17.6 Å². The van der Waals surface area contributed by atoms with Crippen LogP contribution in [-0.2, 0) is 27.9 Å². The molecule has 30 heavy (non-hydrogen) atoms. The van der Waals surface area contributed by atoms with Crippen LogP contribution in [0.4, 0.5) is 10.8 Å². The van der Waals surface area contributed by atoms with Gasteiger partial charge in [0.25, 0.3) is 0 Å². The fourth-order valence-corrected chi connectivity index (χ4v) is 4.99. The zero-order chi connectivity index (χ0) is 21.7. The van der Waals surface area contributed by atoms with Crippen LogP contribution in [0.2, 0.25) is 0 Å². The lowest BCUT2D eigenvalue weighted by molar-refractivity contribution is -0.115. The molecule has 2 aromatic heterocycles. The van der Waals surface area contributed by atoms with Gasteiger partial charge in [0.05, 0.1) is 23.7 Å². The SMILES string of the molecule is CCn1c(CN(c2ccccc2)S(C)(=O)=O)nnc1S[C@H](C)C(=O)Nc1nccs1. The van der Waals surface area contributed by atoms with Gasteiger partial charge in [0.2, 0.25) is 15.9 Å². The third kappa shape index (κ3) is 5.37. The first kappa shape index (κ1) is 22.2. The predicted octanol–water partition coefficient (Wildman–Crippen LogP) is 2.84. The van der Waals surface area contributed by atoms with Gasteiger partial charge in [-0.1, -0.05) is 30.0 Å². The van der Waals surface area contributed by atoms with E-state index < -0.39 is 15.3 Å². The van der Waals surface area contributed by atoms with Crippen LogP contribution in [0.25, 0.3) is 0 Å². The van der Waals surface area contributed by atoms with Crippen molar-refractivity contribution < 1.29 is 13.2 Å². The highest BCUT2D eigenvalue weighted by Crippen LogP contribution is 2.26. The van der Waals surface area contributed by atoms with Gasteiger partial charge < -0.3 is 9.88 Å². The molecule has 0 aliphatic carbocycles. The first-order valence-electron chi connectivity index (χ1n) is 9.11. The maximum atomic E-state index is 12.4. The average Bonchev–Trinajstić information content (AvgIpc) is 3.35. The Bertz CT molecular complexity index is 1080. The van der Waals surface area contributed by atoms with Gasteiger partial charge >= 0.3 is 0 Å². The average molecular weight is 467 g/mol. The monoisotopic (exact) mass is 466 g/mol. The number of amides is 1. The highest BCUT2D eigenvalue weighted by atomic mass is 32.2. The summed E-state index contributed by atoms with van der Waals surface area (Å²) in [6.45, 7) is 4.28. The van der Waals surface area contributed by atoms with E-state index in [1.165, 1.54) is 27.4 Å². The van der Waals surface area contributed by atoms with Crippen LogP contribution in [0, 0.1) is 0 Å². The Morgan fingerprint density at radius 2 is 2.03 bits per heavy atom. The molecule has 0 saturated heterocycles. The van der Waals surface area contributed by atoms with Gasteiger partial charge in [0.15, 0.2) is 16.1 Å². The van der Waals surface area contributed by atoms with E-state index >= 15 is 0 Å². The maximum Gasteiger partial charge on any atom is 0.239 e. The van der Waals surface area contributed by atoms with Crippen molar-refractivity contribution in [2.45, 2.75) is 37.3 Å². The van der Waals surface area contributed by atoms with Crippen molar-refractivity contribution >= 4 is 49.8 Å². The van der Waals surface area contributed by atoms with E-state index in [2.05, 4.69) is 20.5 Å². The zero-order valence-electron chi connectivity index (χ0n) is 16.7. The molecule has 1 aromatic carbocycles. The summed E-state index contributed by atoms with van der Waals surface area (Å²) in [7, 11) is -3.52. The van der Waals surface area contributed by atoms with Crippen LogP contribution < -0.4 is 9.62 Å². The second kappa shape index (κ2) is 9.58. The van der Waals surface area contributed by atoms with Crippen molar-refractivity contribution in [3.63, 3.8) is 0 Å². The Balaban J connectivity index is 1.78. The van der Waals surface area contributed by atoms with Crippen molar-refractivity contribution in [1.82, 2.24) is 19.7 Å². The molecule has 1 atom stereocenters. The van der Waals surface area contributed by atoms with Crippen molar-refractivity contribution in [3.8, 4) is 0 Å². The van der Waals surface area contributed by atoms with Gasteiger partial charge in [0.1, 0.15) is 0 Å². The topological polar surface area (TPSA) is 110 Å². The third-order valence-corrected chi connectivity index (χ3v) is 7.06. The number of thioether (sulfide) groups is 1. The fraction of sp³-hybridized carbons (Fsp3) is 0.333. The van der Waals surface area contributed by atoms with Crippen LogP contribution >= 0.6 is 23.1 Å². The molecule has 0 saturated carbocycles. The summed E-state index contributed by atoms with van der Waals surface area (Å²) >= 11 is 2.61. The van der Waals surface area contributed by atoms with Crippen LogP contribution in [0.1, 0.15) is 19.7 Å². The Morgan fingerprint density at radius 1 is 1.30 bits per heavy atom. The Morgan fingerprint density at radius 3 is 2.63 bits per heavy atom. The molecule has 0 fully saturated rings. The summed E-state index contributed by atoms with van der Waals surface area (Å²) in [5.74, 6) is 0.311. The van der Waals surface area contributed by atoms with Gasteiger partial charge in [0, 0.05) is 18.1 Å². The molecule has 12 heteroatoms. The van der Waals surface area contributed by atoms with E-state index in [0.717, 1.165) is 6.26 Å². The molecule has 3 rings (SSSR count). The largest absolute Gasteiger partial charge is 0.305 e. The highest BCUT2D eigenvalue weighted by Gasteiger charge is 2.24. The molecule has 0 radical (unpaired) electrons. The van der Waals surface area contributed by atoms with Crippen molar-refractivity contribution in [2.75, 3.05) is 15.9 Å². The maximum absolute atomic E-state index is 12.4. The number of hydrogen-bond acceptors (Lipinski definition) is 8. The van der Waals surface area contributed by atoms with Gasteiger partial charge in [-0.15, -0.1) is 21.5 Å². The number of aromatic nitrogens is 4. The minimum absolute atomic E-state index is 0.0456. The van der Waals surface area contributed by atoms with Gasteiger partial charge in [-0.25, -0.2) is 13.4 Å². The van der Waals surface area contributed by atoms with E-state index in [9.17, 15) is 13.2 Å². The lowest BCUT2D eigenvalue weighted by atomic mass is 10.3. The molecule has 1 amide bonds. The Labute approximate surface area is 183 Å². The molecule has 0 spiro atoms. The summed E-state index contributed by atoms with van der Waals surface area (Å²) < 4.78 is 27.8. The Kier molecular flexibility index (Phi) is 7.10. The summed E-state index contributed by atoms with van der Waals surface area (Å²) in [4.78, 5) is 16.5. The minimum atomic E-state index is -3.52. The Hall–Kier alpha value is -2.44. The lowest BCUT2D eigenvalue weighted by Gasteiger charge is -2.22. The summed E-state index contributed by atoms with van der Waals surface area (Å²) in [6.07, 6.45) is 2.78. The molecular weight excluding hydrogens is 444 g/mol. The number of carbonyl (C=O) groups is 1. The number of nitrogens with zero attached hydrogens (tertiary/aromatic N) is 5. The van der Waals surface area contributed by atoms with E-state index in [4.69, 9.17) is 0 Å². The molecule has 2 heterocycles. The standard InChI is InChI=1S/C18H22N6O3S3/c1-4-23-15(12-24(30(3,26)27)14-8-6-5-7-9-14)21-22-18(23)29-13(2)16(25)20-17-19-10-11-28-17/h5-11,13H,4,12H2,1-3H3,(H,19,20,25)/t13-/m1/s1. The number of anilines is 2. The molecule has 9 nitrogen and oxygen atoms in total.